The average molecular weight is 1040 g/mol. The summed E-state index contributed by atoms with van der Waals surface area (Å²) < 4.78 is 47.9. The predicted molar refractivity (Wildman–Crippen MR) is 296 cm³/mol. The smallest absolute Gasteiger partial charge is 0.394 e. The summed E-state index contributed by atoms with van der Waals surface area (Å²) in [6, 6.07) is -0.947. The Labute approximate surface area is 441 Å². The van der Waals surface area contributed by atoms with E-state index in [9.17, 15) is 38.2 Å². The topological polar surface area (TPSA) is 192 Å². The van der Waals surface area contributed by atoms with Gasteiger partial charge in [-0.25, -0.2) is 4.18 Å². The molecule has 0 aliphatic carbocycles. The number of allylic oxidation sites excluding steroid dienone is 5. The largest absolute Gasteiger partial charge is 0.397 e. The van der Waals surface area contributed by atoms with E-state index in [1.165, 1.54) is 199 Å². The maximum absolute atomic E-state index is 13.1. The van der Waals surface area contributed by atoms with Gasteiger partial charge in [-0.05, 0) is 51.4 Å². The van der Waals surface area contributed by atoms with Gasteiger partial charge in [-0.3, -0.25) is 9.35 Å². The van der Waals surface area contributed by atoms with Gasteiger partial charge in [0.25, 0.3) is 0 Å². The lowest BCUT2D eigenvalue weighted by molar-refractivity contribution is -0.298. The monoisotopic (exact) mass is 1040 g/mol. The van der Waals surface area contributed by atoms with E-state index in [1.54, 1.807) is 6.08 Å². The first-order valence-corrected chi connectivity index (χ1v) is 31.2. The maximum Gasteiger partial charge on any atom is 0.397 e. The van der Waals surface area contributed by atoms with Gasteiger partial charge in [-0.1, -0.05) is 256 Å². The minimum atomic E-state index is -5.09. The van der Waals surface area contributed by atoms with Crippen LogP contribution in [0.1, 0.15) is 277 Å². The fraction of sp³-hybridized carbons (Fsp3) is 0.881. The highest BCUT2D eigenvalue weighted by molar-refractivity contribution is 7.80. The summed E-state index contributed by atoms with van der Waals surface area (Å²) in [5, 5.41) is 45.0. The Bertz CT molecular complexity index is 1410. The Morgan fingerprint density at radius 3 is 1.32 bits per heavy atom. The second kappa shape index (κ2) is 48.9. The molecule has 0 saturated carbocycles. The molecule has 1 saturated heterocycles. The number of aliphatic hydroxyl groups is 4. The third-order valence-electron chi connectivity index (χ3n) is 14.2. The van der Waals surface area contributed by atoms with Gasteiger partial charge in [-0.15, -0.1) is 0 Å². The van der Waals surface area contributed by atoms with Gasteiger partial charge in [0.1, 0.15) is 24.4 Å². The molecule has 0 aromatic carbocycles. The van der Waals surface area contributed by atoms with Crippen LogP contribution in [0.4, 0.5) is 0 Å². The molecular weight excluding hydrogens is 931 g/mol. The summed E-state index contributed by atoms with van der Waals surface area (Å²) in [6.07, 6.45) is 53.3. The van der Waals surface area contributed by atoms with Crippen molar-refractivity contribution in [3.05, 3.63) is 36.5 Å². The SMILES string of the molecule is CCCCCCCCCCC/C=C\C/C=C\CCCCCCCCCCCC(=O)NC(COC1OC(CO)C(O)C(OS(=O)(=O)O)C1O)C(O)/C=C/CCCCCCCCCCCCCCCCCCCC. The van der Waals surface area contributed by atoms with Crippen molar-refractivity contribution in [1.82, 2.24) is 5.32 Å². The van der Waals surface area contributed by atoms with E-state index in [-0.39, 0.29) is 18.9 Å². The number of rotatable bonds is 52. The molecule has 72 heavy (non-hydrogen) atoms. The molecule has 13 heteroatoms. The third kappa shape index (κ3) is 40.6. The second-order valence-electron chi connectivity index (χ2n) is 20.9. The normalized spacial score (nSPS) is 19.6. The first-order valence-electron chi connectivity index (χ1n) is 29.9. The molecule has 1 amide bonds. The number of ether oxygens (including phenoxy) is 2. The van der Waals surface area contributed by atoms with E-state index in [1.807, 2.05) is 6.08 Å². The highest BCUT2D eigenvalue weighted by atomic mass is 32.3. The molecule has 6 N–H and O–H groups in total. The molecule has 7 unspecified atom stereocenters. The van der Waals surface area contributed by atoms with Crippen molar-refractivity contribution in [3.8, 4) is 0 Å². The van der Waals surface area contributed by atoms with Crippen molar-refractivity contribution < 1.29 is 51.8 Å². The van der Waals surface area contributed by atoms with Gasteiger partial charge in [-0.2, -0.15) is 8.42 Å². The number of carbonyl (C=O) groups is 1. The Balaban J connectivity index is 2.37. The number of hydrogen-bond donors (Lipinski definition) is 6. The van der Waals surface area contributed by atoms with Crippen LogP contribution < -0.4 is 5.32 Å². The van der Waals surface area contributed by atoms with Crippen molar-refractivity contribution in [2.45, 2.75) is 320 Å². The van der Waals surface area contributed by atoms with Crippen molar-refractivity contribution >= 4 is 16.3 Å². The number of aliphatic hydroxyl groups excluding tert-OH is 4. The Morgan fingerprint density at radius 2 is 0.931 bits per heavy atom. The lowest BCUT2D eigenvalue weighted by Gasteiger charge is -2.41. The highest BCUT2D eigenvalue weighted by Gasteiger charge is 2.48. The number of hydrogen-bond acceptors (Lipinski definition) is 10. The molecule has 12 nitrogen and oxygen atoms in total. The summed E-state index contributed by atoms with van der Waals surface area (Å²) in [5.41, 5.74) is 0. The molecule has 0 aromatic heterocycles. The van der Waals surface area contributed by atoms with Crippen LogP contribution >= 0.6 is 0 Å². The van der Waals surface area contributed by atoms with Gasteiger partial charge in [0.05, 0.1) is 25.4 Å². The fourth-order valence-corrected chi connectivity index (χ4v) is 10.1. The summed E-state index contributed by atoms with van der Waals surface area (Å²) in [6.45, 7) is 3.43. The van der Waals surface area contributed by atoms with Gasteiger partial charge in [0.2, 0.25) is 5.91 Å². The van der Waals surface area contributed by atoms with E-state index in [0.29, 0.717) is 6.42 Å². The van der Waals surface area contributed by atoms with E-state index in [0.717, 1.165) is 51.4 Å². The number of amides is 1. The van der Waals surface area contributed by atoms with Crippen molar-refractivity contribution in [3.63, 3.8) is 0 Å². The summed E-state index contributed by atoms with van der Waals surface area (Å²) in [5.74, 6) is -0.264. The molecule has 0 aromatic rings. The minimum absolute atomic E-state index is 0.264. The molecule has 424 valence electrons. The Hall–Kier alpha value is -1.68. The van der Waals surface area contributed by atoms with Gasteiger partial charge in [0, 0.05) is 6.42 Å². The van der Waals surface area contributed by atoms with Crippen LogP contribution in [0.25, 0.3) is 0 Å². The van der Waals surface area contributed by atoms with Gasteiger partial charge < -0.3 is 35.2 Å². The van der Waals surface area contributed by atoms with Crippen molar-refractivity contribution in [2.75, 3.05) is 13.2 Å². The van der Waals surface area contributed by atoms with Crippen molar-refractivity contribution in [1.29, 1.82) is 0 Å². The van der Waals surface area contributed by atoms with E-state index in [4.69, 9.17) is 9.47 Å². The summed E-state index contributed by atoms with van der Waals surface area (Å²) >= 11 is 0. The molecule has 1 fully saturated rings. The van der Waals surface area contributed by atoms with Crippen molar-refractivity contribution in [2.24, 2.45) is 0 Å². The lowest BCUT2D eigenvalue weighted by atomic mass is 9.99. The standard InChI is InChI=1S/C59H111NO11S/c1-3-5-7-9-11-13-15-17-19-21-23-25-26-27-28-29-31-33-35-37-39-41-43-45-47-49-55(63)60-52(51-69-59-57(65)58(71-72(66,67)68)56(64)54(50-61)70-59)53(62)48-46-44-42-40-38-36-34-32-30-24-22-20-18-16-14-12-10-8-6-4-2/h23,25,27-28,46,48,52-54,56-59,61-62,64-65H,3-22,24,26,29-45,47,49-51H2,1-2H3,(H,60,63)(H,66,67,68)/b25-23-,28-27-,48-46+. The maximum atomic E-state index is 13.1. The molecule has 1 heterocycles. The average Bonchev–Trinajstić information content (AvgIpc) is 3.36. The van der Waals surface area contributed by atoms with Crippen LogP contribution in [-0.4, -0.2) is 95.4 Å². The lowest BCUT2D eigenvalue weighted by Crippen LogP contribution is -2.61. The highest BCUT2D eigenvalue weighted by Crippen LogP contribution is 2.26. The van der Waals surface area contributed by atoms with Crippen LogP contribution in [-0.2, 0) is 28.9 Å². The Morgan fingerprint density at radius 1 is 0.556 bits per heavy atom. The predicted octanol–water partition coefficient (Wildman–Crippen LogP) is 14.2. The van der Waals surface area contributed by atoms with E-state index >= 15 is 0 Å². The first kappa shape index (κ1) is 68.3. The number of carbonyl (C=O) groups excluding carboxylic acids is 1. The molecule has 1 rings (SSSR count). The molecule has 0 radical (unpaired) electrons. The summed E-state index contributed by atoms with van der Waals surface area (Å²) in [7, 11) is -5.09. The van der Waals surface area contributed by atoms with Gasteiger partial charge in [0.15, 0.2) is 6.29 Å². The van der Waals surface area contributed by atoms with Crippen LogP contribution in [0.5, 0.6) is 0 Å². The van der Waals surface area contributed by atoms with Crippen LogP contribution in [0, 0.1) is 0 Å². The number of nitrogens with one attached hydrogen (secondary N) is 1. The van der Waals surface area contributed by atoms with E-state index < -0.39 is 59.9 Å². The van der Waals surface area contributed by atoms with E-state index in [2.05, 4.69) is 47.7 Å². The zero-order valence-corrected chi connectivity index (χ0v) is 46.8. The number of unbranched alkanes of at least 4 members (excludes halogenated alkanes) is 36. The fourth-order valence-electron chi connectivity index (χ4n) is 9.55. The zero-order chi connectivity index (χ0) is 52.6. The van der Waals surface area contributed by atoms with Crippen LogP contribution in [0.15, 0.2) is 36.5 Å². The third-order valence-corrected chi connectivity index (χ3v) is 14.6. The Kier molecular flexibility index (Phi) is 46.4. The van der Waals surface area contributed by atoms with Crippen LogP contribution in [0.3, 0.4) is 0 Å². The molecular formula is C59H111NO11S. The minimum Gasteiger partial charge on any atom is -0.394 e. The molecule has 7 atom stereocenters. The van der Waals surface area contributed by atoms with Crippen LogP contribution in [0.2, 0.25) is 0 Å². The second-order valence-corrected chi connectivity index (χ2v) is 22.0. The molecule has 0 spiro atoms. The zero-order valence-electron chi connectivity index (χ0n) is 46.0. The quantitative estimate of drug-likeness (QED) is 0.0193. The molecule has 1 aliphatic heterocycles. The summed E-state index contributed by atoms with van der Waals surface area (Å²) in [4.78, 5) is 13.1. The first-order chi connectivity index (χ1) is 35.0. The molecule has 0 bridgehead atoms. The van der Waals surface area contributed by atoms with Gasteiger partial charge >= 0.3 is 10.4 Å². The molecule has 1 aliphatic rings.